The predicted octanol–water partition coefficient (Wildman–Crippen LogP) is -0.496. The maximum Gasteiger partial charge on any atom is 0.490 e. The lowest BCUT2D eigenvalue weighted by Crippen LogP contribution is -2.49. The molecule has 2 rings (SSSR count). The molecule has 1 fully saturated rings. The number of aliphatic hydroxyl groups excluding tert-OH is 1. The van der Waals surface area contributed by atoms with Gasteiger partial charge < -0.3 is 29.4 Å². The number of nitrogens with zero attached hydrogens (tertiary/aromatic N) is 1. The first kappa shape index (κ1) is 27.2. The van der Waals surface area contributed by atoms with E-state index in [-0.39, 0.29) is 0 Å². The number of alkyl halides is 1. The third-order valence-corrected chi connectivity index (χ3v) is 8.19. The van der Waals surface area contributed by atoms with E-state index in [4.69, 9.17) is 19.4 Å². The van der Waals surface area contributed by atoms with Crippen LogP contribution in [0.4, 0.5) is 4.39 Å². The van der Waals surface area contributed by atoms with Crippen molar-refractivity contribution in [3.63, 3.8) is 0 Å². The van der Waals surface area contributed by atoms with Crippen molar-refractivity contribution in [1.29, 1.82) is 0 Å². The van der Waals surface area contributed by atoms with Gasteiger partial charge in [-0.3, -0.25) is 18.9 Å². The molecule has 184 valence electrons. The SMILES string of the molecule is CC1(C)[C@H](n2ccc(=O)[nH]c2=O)O[C@](CF)(COP(=O)(O)OP(=O)(O)OP(=O)(O)O)[C@H]1O. The second kappa shape index (κ2) is 8.95. The van der Waals surface area contributed by atoms with Crippen molar-refractivity contribution < 1.29 is 60.6 Å². The highest BCUT2D eigenvalue weighted by Crippen LogP contribution is 2.66. The van der Waals surface area contributed by atoms with Gasteiger partial charge in [-0.05, 0) is 0 Å². The Balaban J connectivity index is 2.28. The zero-order chi connectivity index (χ0) is 24.8. The van der Waals surface area contributed by atoms with Crippen molar-refractivity contribution >= 4 is 23.5 Å². The lowest BCUT2D eigenvalue weighted by Gasteiger charge is -2.32. The van der Waals surface area contributed by atoms with Crippen LogP contribution in [0.25, 0.3) is 0 Å². The van der Waals surface area contributed by atoms with Gasteiger partial charge in [0.25, 0.3) is 5.56 Å². The molecule has 1 aromatic rings. The average Bonchev–Trinajstić information content (AvgIpc) is 2.78. The molecule has 0 aliphatic carbocycles. The van der Waals surface area contributed by atoms with Crippen LogP contribution in [0.1, 0.15) is 20.1 Å². The standard InChI is InChI=1S/C12H20FN2O14P3/c1-11(2)8(17)12(5-13,27-9(11)15-4-3-7(16)14-10(15)18)6-26-31(22,23)29-32(24,25)28-30(19,20)21/h3-4,8-9,17H,5-6H2,1-2H3,(H,22,23)(H,24,25)(H,14,16,18)(H2,19,20,21)/t8-,9+,12+/m0/s1. The Morgan fingerprint density at radius 3 is 2.25 bits per heavy atom. The number of nitrogens with one attached hydrogen (secondary N) is 1. The van der Waals surface area contributed by atoms with Crippen LogP contribution in [0.3, 0.4) is 0 Å². The fourth-order valence-electron chi connectivity index (χ4n) is 3.03. The fourth-order valence-corrected chi connectivity index (χ4v) is 6.11. The van der Waals surface area contributed by atoms with Crippen LogP contribution in [0.15, 0.2) is 21.9 Å². The zero-order valence-electron chi connectivity index (χ0n) is 16.3. The highest BCUT2D eigenvalue weighted by molar-refractivity contribution is 7.66. The summed E-state index contributed by atoms with van der Waals surface area (Å²) in [4.78, 5) is 61.1. The summed E-state index contributed by atoms with van der Waals surface area (Å²) in [6, 6.07) is 0.953. The molecular formula is C12H20FN2O14P3. The van der Waals surface area contributed by atoms with Crippen molar-refractivity contribution in [2.45, 2.75) is 31.8 Å². The van der Waals surface area contributed by atoms with Gasteiger partial charge in [0, 0.05) is 17.7 Å². The maximum atomic E-state index is 14.0. The quantitative estimate of drug-likeness (QED) is 0.222. The van der Waals surface area contributed by atoms with Crippen LogP contribution in [0.2, 0.25) is 0 Å². The number of aliphatic hydroxyl groups is 1. The lowest BCUT2D eigenvalue weighted by molar-refractivity contribution is -0.136. The molecule has 1 saturated heterocycles. The number of phosphoric ester groups is 1. The van der Waals surface area contributed by atoms with Gasteiger partial charge in [0.2, 0.25) is 0 Å². The topological polar surface area (TPSA) is 244 Å². The number of hydrogen-bond acceptors (Lipinski definition) is 10. The van der Waals surface area contributed by atoms with Gasteiger partial charge in [-0.1, -0.05) is 13.8 Å². The number of ether oxygens (including phenoxy) is 1. The number of aromatic amines is 1. The van der Waals surface area contributed by atoms with E-state index >= 15 is 0 Å². The number of aromatic nitrogens is 2. The Morgan fingerprint density at radius 1 is 1.16 bits per heavy atom. The lowest BCUT2D eigenvalue weighted by atomic mass is 9.80. The monoisotopic (exact) mass is 528 g/mol. The third-order valence-electron chi connectivity index (χ3n) is 4.40. The minimum Gasteiger partial charge on any atom is -0.389 e. The van der Waals surface area contributed by atoms with Gasteiger partial charge in [-0.2, -0.15) is 8.62 Å². The second-order valence-electron chi connectivity index (χ2n) is 7.27. The van der Waals surface area contributed by atoms with Crippen molar-refractivity contribution in [3.05, 3.63) is 33.1 Å². The van der Waals surface area contributed by atoms with Crippen molar-refractivity contribution in [3.8, 4) is 0 Å². The number of halogens is 1. The summed E-state index contributed by atoms with van der Waals surface area (Å²) in [6.07, 6.45) is -2.21. The molecule has 0 bridgehead atoms. The van der Waals surface area contributed by atoms with Gasteiger partial charge in [0.05, 0.1) is 12.7 Å². The summed E-state index contributed by atoms with van der Waals surface area (Å²) >= 11 is 0. The molecule has 1 aromatic heterocycles. The minimum atomic E-state index is -5.82. The Bertz CT molecular complexity index is 1110. The average molecular weight is 528 g/mol. The molecule has 20 heteroatoms. The van der Waals surface area contributed by atoms with Crippen LogP contribution < -0.4 is 11.2 Å². The first-order valence-corrected chi connectivity index (χ1v) is 12.9. The zero-order valence-corrected chi connectivity index (χ0v) is 19.0. The van der Waals surface area contributed by atoms with E-state index in [1.165, 1.54) is 13.8 Å². The Labute approximate surface area is 178 Å². The molecule has 32 heavy (non-hydrogen) atoms. The first-order chi connectivity index (χ1) is 14.3. The van der Waals surface area contributed by atoms with E-state index in [1.807, 2.05) is 4.98 Å². The van der Waals surface area contributed by atoms with E-state index in [2.05, 4.69) is 13.1 Å². The molecule has 0 spiro atoms. The fraction of sp³-hybridized carbons (Fsp3) is 0.667. The molecule has 0 saturated carbocycles. The van der Waals surface area contributed by atoms with Crippen LogP contribution in [-0.2, 0) is 31.6 Å². The van der Waals surface area contributed by atoms with E-state index < -0.39 is 71.3 Å². The molecule has 2 heterocycles. The molecule has 0 aromatic carbocycles. The number of H-pyrrole nitrogens is 1. The highest BCUT2D eigenvalue weighted by Gasteiger charge is 2.61. The molecule has 2 unspecified atom stereocenters. The summed E-state index contributed by atoms with van der Waals surface area (Å²) in [5.74, 6) is 0. The molecular weight excluding hydrogens is 508 g/mol. The summed E-state index contributed by atoms with van der Waals surface area (Å²) < 4.78 is 65.7. The van der Waals surface area contributed by atoms with Crippen LogP contribution in [0, 0.1) is 5.41 Å². The summed E-state index contributed by atoms with van der Waals surface area (Å²) in [5, 5.41) is 10.7. The Kier molecular flexibility index (Phi) is 7.60. The third kappa shape index (κ3) is 6.08. The molecule has 6 N–H and O–H groups in total. The molecule has 16 nitrogen and oxygen atoms in total. The summed E-state index contributed by atoms with van der Waals surface area (Å²) in [5.41, 5.74) is -5.57. The summed E-state index contributed by atoms with van der Waals surface area (Å²) in [7, 11) is -17.1. The largest absolute Gasteiger partial charge is 0.490 e. The smallest absolute Gasteiger partial charge is 0.389 e. The normalized spacial score (nSPS) is 29.4. The highest BCUT2D eigenvalue weighted by atomic mass is 31.3. The second-order valence-corrected chi connectivity index (χ2v) is 11.7. The maximum absolute atomic E-state index is 14.0. The number of hydrogen-bond donors (Lipinski definition) is 6. The van der Waals surface area contributed by atoms with Crippen molar-refractivity contribution in [2.24, 2.45) is 5.41 Å². The van der Waals surface area contributed by atoms with Crippen LogP contribution in [-0.4, -0.2) is 59.2 Å². The van der Waals surface area contributed by atoms with Gasteiger partial charge in [0.1, 0.15) is 18.5 Å². The van der Waals surface area contributed by atoms with Crippen LogP contribution in [0.5, 0.6) is 0 Å². The number of phosphoric acid groups is 3. The molecule has 1 aliphatic heterocycles. The molecule has 1 aliphatic rings. The first-order valence-electron chi connectivity index (χ1n) is 8.36. The van der Waals surface area contributed by atoms with Crippen LogP contribution >= 0.6 is 23.5 Å². The predicted molar refractivity (Wildman–Crippen MR) is 99.8 cm³/mol. The van der Waals surface area contributed by atoms with E-state index in [0.29, 0.717) is 0 Å². The van der Waals surface area contributed by atoms with E-state index in [1.54, 1.807) is 0 Å². The molecule has 0 radical (unpaired) electrons. The number of rotatable bonds is 9. The van der Waals surface area contributed by atoms with Gasteiger partial charge in [0.15, 0.2) is 0 Å². The summed E-state index contributed by atoms with van der Waals surface area (Å²) in [6.45, 7) is -0.140. The van der Waals surface area contributed by atoms with E-state index in [0.717, 1.165) is 16.8 Å². The molecule has 5 atom stereocenters. The minimum absolute atomic E-state index is 0.744. The Hall–Kier alpha value is -1.06. The van der Waals surface area contributed by atoms with Crippen molar-refractivity contribution in [2.75, 3.05) is 13.3 Å². The van der Waals surface area contributed by atoms with Crippen molar-refractivity contribution in [1.82, 2.24) is 9.55 Å². The van der Waals surface area contributed by atoms with Gasteiger partial charge in [-0.15, -0.1) is 0 Å². The van der Waals surface area contributed by atoms with E-state index in [9.17, 15) is 37.7 Å². The Morgan fingerprint density at radius 2 is 1.75 bits per heavy atom. The van der Waals surface area contributed by atoms with Gasteiger partial charge in [-0.25, -0.2) is 22.9 Å². The molecule has 0 amide bonds. The van der Waals surface area contributed by atoms with Gasteiger partial charge >= 0.3 is 29.2 Å².